The maximum atomic E-state index is 11.8. The van der Waals surface area contributed by atoms with Crippen LogP contribution in [0.25, 0.3) is 0 Å². The summed E-state index contributed by atoms with van der Waals surface area (Å²) in [7, 11) is -3.14. The molecule has 0 spiro atoms. The van der Waals surface area contributed by atoms with Crippen molar-refractivity contribution in [1.82, 2.24) is 0 Å². The minimum absolute atomic E-state index is 0.0855. The van der Waals surface area contributed by atoms with Crippen LogP contribution < -0.4 is 0 Å². The van der Waals surface area contributed by atoms with Crippen LogP contribution in [0.4, 0.5) is 0 Å². The third-order valence-electron chi connectivity index (χ3n) is 2.62. The largest absolute Gasteiger partial charge is 0.478 e. The van der Waals surface area contributed by atoms with Gasteiger partial charge in [0.25, 0.3) is 0 Å². The number of benzene rings is 1. The topological polar surface area (TPSA) is 71.4 Å². The minimum atomic E-state index is -3.14. The first-order valence-electron chi connectivity index (χ1n) is 5.97. The first kappa shape index (κ1) is 14.7. The molecule has 0 aliphatic carbocycles. The molecular weight excluding hydrogens is 252 g/mol. The molecule has 1 rings (SSSR count). The third-order valence-corrected chi connectivity index (χ3v) is 4.30. The molecule has 0 amide bonds. The molecule has 5 heteroatoms. The molecule has 4 nitrogen and oxygen atoms in total. The average Bonchev–Trinajstić information content (AvgIpc) is 2.28. The van der Waals surface area contributed by atoms with Crippen molar-refractivity contribution >= 4 is 15.8 Å². The fourth-order valence-electron chi connectivity index (χ4n) is 1.69. The number of carbonyl (C=O) groups is 1. The van der Waals surface area contributed by atoms with E-state index in [1.54, 1.807) is 12.1 Å². The van der Waals surface area contributed by atoms with Crippen LogP contribution in [0, 0.1) is 0 Å². The van der Waals surface area contributed by atoms with Crippen molar-refractivity contribution in [3.8, 4) is 0 Å². The number of sulfone groups is 1. The molecule has 0 aliphatic heterocycles. The molecule has 0 unspecified atom stereocenters. The molecule has 18 heavy (non-hydrogen) atoms. The molecule has 0 fully saturated rings. The zero-order valence-electron chi connectivity index (χ0n) is 10.4. The van der Waals surface area contributed by atoms with Crippen molar-refractivity contribution in [3.63, 3.8) is 0 Å². The Balaban J connectivity index is 2.72. The van der Waals surface area contributed by atoms with E-state index < -0.39 is 15.8 Å². The van der Waals surface area contributed by atoms with E-state index in [0.29, 0.717) is 12.0 Å². The minimum Gasteiger partial charge on any atom is -0.478 e. The maximum Gasteiger partial charge on any atom is 0.335 e. The summed E-state index contributed by atoms with van der Waals surface area (Å²) >= 11 is 0. The summed E-state index contributed by atoms with van der Waals surface area (Å²) < 4.78 is 23.6. The highest BCUT2D eigenvalue weighted by Crippen LogP contribution is 2.11. The summed E-state index contributed by atoms with van der Waals surface area (Å²) in [4.78, 5) is 10.8. The van der Waals surface area contributed by atoms with Gasteiger partial charge in [-0.25, -0.2) is 13.2 Å². The average molecular weight is 270 g/mol. The predicted molar refractivity (Wildman–Crippen MR) is 70.4 cm³/mol. The number of carboxylic acids is 1. The lowest BCUT2D eigenvalue weighted by Gasteiger charge is -2.05. The Morgan fingerprint density at radius 1 is 1.28 bits per heavy atom. The molecule has 1 N–H and O–H groups in total. The molecule has 0 saturated carbocycles. The van der Waals surface area contributed by atoms with Crippen molar-refractivity contribution in [1.29, 1.82) is 0 Å². The Hall–Kier alpha value is -1.36. The highest BCUT2D eigenvalue weighted by molar-refractivity contribution is 7.90. The van der Waals surface area contributed by atoms with E-state index in [-0.39, 0.29) is 17.1 Å². The number of aromatic carboxylic acids is 1. The van der Waals surface area contributed by atoms with Crippen LogP contribution in [0.15, 0.2) is 24.3 Å². The van der Waals surface area contributed by atoms with Crippen molar-refractivity contribution in [2.45, 2.75) is 31.9 Å². The van der Waals surface area contributed by atoms with Crippen LogP contribution >= 0.6 is 0 Å². The Morgan fingerprint density at radius 2 is 2.00 bits per heavy atom. The lowest BCUT2D eigenvalue weighted by atomic mass is 10.1. The molecule has 0 aromatic heterocycles. The normalized spacial score (nSPS) is 11.4. The second-order valence-corrected chi connectivity index (χ2v) is 6.49. The summed E-state index contributed by atoms with van der Waals surface area (Å²) in [5.74, 6) is -0.962. The van der Waals surface area contributed by atoms with Gasteiger partial charge >= 0.3 is 5.97 Å². The zero-order chi connectivity index (χ0) is 13.6. The molecule has 1 aromatic carbocycles. The maximum absolute atomic E-state index is 11.8. The molecule has 0 atom stereocenters. The van der Waals surface area contributed by atoms with Crippen molar-refractivity contribution in [2.24, 2.45) is 0 Å². The number of carboxylic acid groups (broad SMARTS) is 1. The highest BCUT2D eigenvalue weighted by Gasteiger charge is 2.12. The van der Waals surface area contributed by atoms with Crippen LogP contribution in [-0.4, -0.2) is 25.2 Å². The zero-order valence-corrected chi connectivity index (χ0v) is 11.2. The Kier molecular flexibility index (Phi) is 5.34. The molecule has 0 radical (unpaired) electrons. The van der Waals surface area contributed by atoms with Gasteiger partial charge in [0.2, 0.25) is 0 Å². The number of hydrogen-bond acceptors (Lipinski definition) is 3. The second kappa shape index (κ2) is 6.54. The van der Waals surface area contributed by atoms with Gasteiger partial charge in [-0.1, -0.05) is 31.9 Å². The summed E-state index contributed by atoms with van der Waals surface area (Å²) in [6.07, 6.45) is 2.54. The van der Waals surface area contributed by atoms with Crippen LogP contribution in [0.2, 0.25) is 0 Å². The van der Waals surface area contributed by atoms with Crippen LogP contribution in [-0.2, 0) is 15.6 Å². The Morgan fingerprint density at radius 3 is 2.61 bits per heavy atom. The van der Waals surface area contributed by atoms with Gasteiger partial charge in [0.1, 0.15) is 0 Å². The van der Waals surface area contributed by atoms with E-state index in [1.165, 1.54) is 12.1 Å². The van der Waals surface area contributed by atoms with Crippen molar-refractivity contribution < 1.29 is 18.3 Å². The SMILES string of the molecule is CCCCCS(=O)(=O)Cc1cccc(C(=O)O)c1. The van der Waals surface area contributed by atoms with Crippen LogP contribution in [0.1, 0.15) is 42.1 Å². The molecule has 0 aliphatic rings. The first-order chi connectivity index (χ1) is 8.44. The van der Waals surface area contributed by atoms with Gasteiger partial charge in [0.05, 0.1) is 17.1 Å². The Labute approximate surface area is 108 Å². The number of unbranched alkanes of at least 4 members (excludes halogenated alkanes) is 2. The lowest BCUT2D eigenvalue weighted by molar-refractivity contribution is 0.0696. The second-order valence-electron chi connectivity index (χ2n) is 4.30. The monoisotopic (exact) mass is 270 g/mol. The Bertz CT molecular complexity index is 505. The summed E-state index contributed by atoms with van der Waals surface area (Å²) in [6, 6.07) is 6.08. The van der Waals surface area contributed by atoms with Gasteiger partial charge in [0.15, 0.2) is 9.84 Å². The van der Waals surface area contributed by atoms with Crippen molar-refractivity contribution in [3.05, 3.63) is 35.4 Å². The molecule has 100 valence electrons. The predicted octanol–water partition coefficient (Wildman–Crippen LogP) is 2.49. The standard InChI is InChI=1S/C13H18O4S/c1-2-3-4-8-18(16,17)10-11-6-5-7-12(9-11)13(14)15/h5-7,9H,2-4,8,10H2,1H3,(H,14,15). The summed E-state index contributed by atoms with van der Waals surface area (Å²) in [5.41, 5.74) is 0.655. The van der Waals surface area contributed by atoms with E-state index in [0.717, 1.165) is 12.8 Å². The van der Waals surface area contributed by atoms with Gasteiger partial charge in [-0.05, 0) is 24.1 Å². The molecular formula is C13H18O4S. The molecule has 1 aromatic rings. The highest BCUT2D eigenvalue weighted by atomic mass is 32.2. The third kappa shape index (κ3) is 4.87. The van der Waals surface area contributed by atoms with E-state index in [9.17, 15) is 13.2 Å². The fraction of sp³-hybridized carbons (Fsp3) is 0.462. The quantitative estimate of drug-likeness (QED) is 0.773. The van der Waals surface area contributed by atoms with E-state index in [4.69, 9.17) is 5.11 Å². The van der Waals surface area contributed by atoms with Gasteiger partial charge < -0.3 is 5.11 Å². The van der Waals surface area contributed by atoms with Gasteiger partial charge in [-0.3, -0.25) is 0 Å². The van der Waals surface area contributed by atoms with Gasteiger partial charge in [-0.15, -0.1) is 0 Å². The van der Waals surface area contributed by atoms with E-state index in [1.807, 2.05) is 6.92 Å². The summed E-state index contributed by atoms with van der Waals surface area (Å²) in [5, 5.41) is 8.83. The smallest absolute Gasteiger partial charge is 0.335 e. The number of hydrogen-bond donors (Lipinski definition) is 1. The molecule has 0 heterocycles. The van der Waals surface area contributed by atoms with E-state index >= 15 is 0 Å². The van der Waals surface area contributed by atoms with Crippen molar-refractivity contribution in [2.75, 3.05) is 5.75 Å². The van der Waals surface area contributed by atoms with E-state index in [2.05, 4.69) is 0 Å². The summed E-state index contributed by atoms with van der Waals surface area (Å²) in [6.45, 7) is 2.02. The van der Waals surface area contributed by atoms with Gasteiger partial charge in [0, 0.05) is 0 Å². The first-order valence-corrected chi connectivity index (χ1v) is 7.79. The van der Waals surface area contributed by atoms with Gasteiger partial charge in [-0.2, -0.15) is 0 Å². The van der Waals surface area contributed by atoms with Crippen LogP contribution in [0.5, 0.6) is 0 Å². The van der Waals surface area contributed by atoms with Crippen LogP contribution in [0.3, 0.4) is 0 Å². The lowest BCUT2D eigenvalue weighted by Crippen LogP contribution is -2.10. The molecule has 0 bridgehead atoms. The molecule has 0 saturated heterocycles. The fourth-order valence-corrected chi connectivity index (χ4v) is 3.17. The number of rotatable bonds is 7.